The number of halogens is 3. The molecule has 2 N–H and O–H groups in total. The summed E-state index contributed by atoms with van der Waals surface area (Å²) >= 11 is 6.15. The van der Waals surface area contributed by atoms with Crippen LogP contribution in [-0.4, -0.2) is 48.4 Å². The van der Waals surface area contributed by atoms with E-state index in [0.717, 1.165) is 31.8 Å². The lowest BCUT2D eigenvalue weighted by Gasteiger charge is -2.34. The quantitative estimate of drug-likeness (QED) is 0.795. The largest absolute Gasteiger partial charge is 0.399 e. The van der Waals surface area contributed by atoms with Gasteiger partial charge < -0.3 is 15.5 Å². The summed E-state index contributed by atoms with van der Waals surface area (Å²) in [6.07, 6.45) is 4.86. The third-order valence-electron chi connectivity index (χ3n) is 4.84. The van der Waals surface area contributed by atoms with Gasteiger partial charge in [0.2, 0.25) is 0 Å². The van der Waals surface area contributed by atoms with Crippen molar-refractivity contribution < 1.29 is 4.79 Å². The molecular weight excluding hydrogens is 369 g/mol. The van der Waals surface area contributed by atoms with Gasteiger partial charge in [-0.05, 0) is 62.9 Å². The Morgan fingerprint density at radius 1 is 1.12 bits per heavy atom. The van der Waals surface area contributed by atoms with Gasteiger partial charge in [-0.3, -0.25) is 4.79 Å². The van der Waals surface area contributed by atoms with E-state index in [1.54, 1.807) is 18.2 Å². The van der Waals surface area contributed by atoms with E-state index in [1.165, 1.54) is 32.5 Å². The first-order valence-corrected chi connectivity index (χ1v) is 8.58. The van der Waals surface area contributed by atoms with Crippen LogP contribution in [-0.2, 0) is 0 Å². The molecule has 0 aromatic heterocycles. The average Bonchev–Trinajstić information content (AvgIpc) is 3.00. The van der Waals surface area contributed by atoms with Crippen LogP contribution in [0.1, 0.15) is 36.0 Å². The van der Waals surface area contributed by atoms with Crippen molar-refractivity contribution in [3.63, 3.8) is 0 Å². The van der Waals surface area contributed by atoms with E-state index in [2.05, 4.69) is 4.90 Å². The fourth-order valence-electron chi connectivity index (χ4n) is 3.52. The van der Waals surface area contributed by atoms with Crippen LogP contribution >= 0.6 is 36.4 Å². The number of hydrogen-bond donors (Lipinski definition) is 1. The Morgan fingerprint density at radius 2 is 1.75 bits per heavy atom. The number of likely N-dealkylation sites (tertiary alicyclic amines) is 2. The molecule has 24 heavy (non-hydrogen) atoms. The second-order valence-corrected chi connectivity index (χ2v) is 6.89. The molecule has 2 fully saturated rings. The number of benzene rings is 1. The summed E-state index contributed by atoms with van der Waals surface area (Å²) < 4.78 is 0. The lowest BCUT2D eigenvalue weighted by atomic mass is 9.95. The number of anilines is 1. The van der Waals surface area contributed by atoms with Gasteiger partial charge in [0.05, 0.1) is 10.6 Å². The molecule has 1 aromatic carbocycles. The number of nitrogens with two attached hydrogens (primary N) is 1. The lowest BCUT2D eigenvalue weighted by molar-refractivity contribution is 0.0673. The minimum atomic E-state index is 0. The maximum atomic E-state index is 12.6. The number of rotatable bonds is 3. The van der Waals surface area contributed by atoms with Gasteiger partial charge in [0.1, 0.15) is 0 Å². The fraction of sp³-hybridized carbons (Fsp3) is 0.588. The van der Waals surface area contributed by atoms with Crippen molar-refractivity contribution in [2.24, 2.45) is 5.92 Å². The monoisotopic (exact) mass is 393 g/mol. The SMILES string of the molecule is Cl.Cl.Nc1ccc(C(=O)N2CCC(CN3CCCC3)CC2)c(Cl)c1. The van der Waals surface area contributed by atoms with Crippen molar-refractivity contribution in [1.29, 1.82) is 0 Å². The number of amides is 1. The zero-order chi connectivity index (χ0) is 15.5. The van der Waals surface area contributed by atoms with Crippen molar-refractivity contribution in [2.45, 2.75) is 25.7 Å². The number of carbonyl (C=O) groups is 1. The Morgan fingerprint density at radius 3 is 2.33 bits per heavy atom. The molecule has 136 valence electrons. The van der Waals surface area contributed by atoms with E-state index in [9.17, 15) is 4.79 Å². The molecule has 0 unspecified atom stereocenters. The van der Waals surface area contributed by atoms with Gasteiger partial charge >= 0.3 is 0 Å². The molecule has 1 amide bonds. The number of piperidine rings is 1. The van der Waals surface area contributed by atoms with Crippen LogP contribution < -0.4 is 5.73 Å². The topological polar surface area (TPSA) is 49.6 Å². The first kappa shape index (κ1) is 21.4. The van der Waals surface area contributed by atoms with Crippen LogP contribution in [0.2, 0.25) is 5.02 Å². The normalized spacial score (nSPS) is 18.8. The molecule has 2 aliphatic heterocycles. The van der Waals surface area contributed by atoms with E-state index < -0.39 is 0 Å². The zero-order valence-electron chi connectivity index (χ0n) is 13.7. The van der Waals surface area contributed by atoms with E-state index >= 15 is 0 Å². The predicted molar refractivity (Wildman–Crippen MR) is 105 cm³/mol. The number of nitrogen functional groups attached to an aromatic ring is 1. The highest BCUT2D eigenvalue weighted by Crippen LogP contribution is 2.25. The lowest BCUT2D eigenvalue weighted by Crippen LogP contribution is -2.41. The maximum Gasteiger partial charge on any atom is 0.255 e. The molecule has 0 bridgehead atoms. The van der Waals surface area contributed by atoms with Crippen LogP contribution in [0.15, 0.2) is 18.2 Å². The molecule has 7 heteroatoms. The predicted octanol–water partition coefficient (Wildman–Crippen LogP) is 3.71. The van der Waals surface area contributed by atoms with Crippen molar-refractivity contribution in [3.05, 3.63) is 28.8 Å². The Bertz CT molecular complexity index is 542. The van der Waals surface area contributed by atoms with Gasteiger partial charge in [-0.2, -0.15) is 0 Å². The molecule has 4 nitrogen and oxygen atoms in total. The number of nitrogens with zero attached hydrogens (tertiary/aromatic N) is 2. The zero-order valence-corrected chi connectivity index (χ0v) is 16.1. The van der Waals surface area contributed by atoms with Crippen LogP contribution in [0.5, 0.6) is 0 Å². The van der Waals surface area contributed by atoms with E-state index in [0.29, 0.717) is 16.3 Å². The van der Waals surface area contributed by atoms with Gasteiger partial charge in [0.25, 0.3) is 5.91 Å². The summed E-state index contributed by atoms with van der Waals surface area (Å²) in [5.41, 5.74) is 6.84. The Labute approximate surface area is 161 Å². The molecule has 2 aliphatic rings. The van der Waals surface area contributed by atoms with Crippen LogP contribution in [0.4, 0.5) is 5.69 Å². The Kier molecular flexibility index (Phi) is 8.65. The highest BCUT2D eigenvalue weighted by molar-refractivity contribution is 6.34. The summed E-state index contributed by atoms with van der Waals surface area (Å²) in [6.45, 7) is 5.36. The van der Waals surface area contributed by atoms with Crippen molar-refractivity contribution in [2.75, 3.05) is 38.5 Å². The number of hydrogen-bond acceptors (Lipinski definition) is 3. The summed E-state index contributed by atoms with van der Waals surface area (Å²) in [7, 11) is 0. The molecule has 2 heterocycles. The Hall–Kier alpha value is -0.680. The fourth-order valence-corrected chi connectivity index (χ4v) is 3.79. The molecule has 0 radical (unpaired) electrons. The summed E-state index contributed by atoms with van der Waals surface area (Å²) in [4.78, 5) is 17.1. The molecule has 3 rings (SSSR count). The van der Waals surface area contributed by atoms with Crippen LogP contribution in [0.3, 0.4) is 0 Å². The smallest absolute Gasteiger partial charge is 0.255 e. The van der Waals surface area contributed by atoms with Gasteiger partial charge in [-0.25, -0.2) is 0 Å². The Balaban J connectivity index is 0.00000144. The molecule has 0 aliphatic carbocycles. The molecule has 2 saturated heterocycles. The standard InChI is InChI=1S/C17H24ClN3O.2ClH/c18-16-11-14(19)3-4-15(16)17(22)21-9-5-13(6-10-21)12-20-7-1-2-8-20;;/h3-4,11,13H,1-2,5-10,12,19H2;2*1H. The van der Waals surface area contributed by atoms with Crippen molar-refractivity contribution >= 4 is 48.0 Å². The second kappa shape index (κ2) is 9.71. The van der Waals surface area contributed by atoms with Crippen molar-refractivity contribution in [3.8, 4) is 0 Å². The van der Waals surface area contributed by atoms with Gasteiger partial charge in [0.15, 0.2) is 0 Å². The minimum absolute atomic E-state index is 0. The highest BCUT2D eigenvalue weighted by atomic mass is 35.5. The van der Waals surface area contributed by atoms with Crippen LogP contribution in [0, 0.1) is 5.92 Å². The minimum Gasteiger partial charge on any atom is -0.399 e. The molecule has 0 saturated carbocycles. The molecule has 1 aromatic rings. The van der Waals surface area contributed by atoms with Gasteiger partial charge in [-0.1, -0.05) is 11.6 Å². The van der Waals surface area contributed by atoms with E-state index in [1.807, 2.05) is 4.90 Å². The van der Waals surface area contributed by atoms with Gasteiger partial charge in [0, 0.05) is 25.3 Å². The highest BCUT2D eigenvalue weighted by Gasteiger charge is 2.26. The first-order chi connectivity index (χ1) is 10.6. The third kappa shape index (κ3) is 5.16. The average molecular weight is 395 g/mol. The van der Waals surface area contributed by atoms with E-state index in [4.69, 9.17) is 17.3 Å². The van der Waals surface area contributed by atoms with Gasteiger partial charge in [-0.15, -0.1) is 24.8 Å². The molecule has 0 atom stereocenters. The third-order valence-corrected chi connectivity index (χ3v) is 5.15. The summed E-state index contributed by atoms with van der Waals surface area (Å²) in [6, 6.07) is 5.12. The maximum absolute atomic E-state index is 12.6. The molecular formula is C17H26Cl3N3O. The number of carbonyl (C=O) groups excluding carboxylic acids is 1. The summed E-state index contributed by atoms with van der Waals surface area (Å²) in [5.74, 6) is 0.758. The first-order valence-electron chi connectivity index (χ1n) is 8.20. The van der Waals surface area contributed by atoms with Crippen LogP contribution in [0.25, 0.3) is 0 Å². The summed E-state index contributed by atoms with van der Waals surface area (Å²) in [5, 5.41) is 0.448. The second-order valence-electron chi connectivity index (χ2n) is 6.48. The van der Waals surface area contributed by atoms with Crippen molar-refractivity contribution in [1.82, 2.24) is 9.80 Å². The molecule has 0 spiro atoms. The van der Waals surface area contributed by atoms with E-state index in [-0.39, 0.29) is 30.7 Å².